The second-order valence-corrected chi connectivity index (χ2v) is 8.30. The molecule has 8 heteroatoms. The highest BCUT2D eigenvalue weighted by molar-refractivity contribution is 6.00. The number of amides is 1. The number of halogens is 2. The second kappa shape index (κ2) is 8.87. The van der Waals surface area contributed by atoms with Crippen LogP contribution in [0.4, 0.5) is 8.78 Å². The number of ether oxygens (including phenoxy) is 2. The number of hydrogen-bond donors (Lipinski definition) is 0. The first-order valence-electron chi connectivity index (χ1n) is 10.9. The lowest BCUT2D eigenvalue weighted by Crippen LogP contribution is -2.44. The maximum Gasteiger partial charge on any atom is 0.255 e. The summed E-state index contributed by atoms with van der Waals surface area (Å²) in [6.07, 6.45) is 7.85. The van der Waals surface area contributed by atoms with Crippen molar-refractivity contribution >= 4 is 12.0 Å². The van der Waals surface area contributed by atoms with E-state index >= 15 is 0 Å². The number of benzene rings is 2. The smallest absolute Gasteiger partial charge is 0.255 e. The first-order valence-corrected chi connectivity index (χ1v) is 10.9. The van der Waals surface area contributed by atoms with Crippen molar-refractivity contribution < 1.29 is 23.0 Å². The average molecular weight is 463 g/mol. The van der Waals surface area contributed by atoms with Gasteiger partial charge in [-0.25, -0.2) is 13.8 Å². The van der Waals surface area contributed by atoms with Crippen molar-refractivity contribution in [2.45, 2.75) is 19.4 Å². The Labute approximate surface area is 195 Å². The first-order chi connectivity index (χ1) is 16.4. The standard InChI is InChI=1S/C26H23F2N3O3/c1-16-12-30(15-29-16)23-8-3-17(10-25(23)33-2)9-19-4-6-20-13-34-14-24(31(20)26(19)32)18-5-7-21(27)22(28)11-18/h3,5-12,15,24H,4,13-14H2,1-2H3/t24-/m0/s1. The van der Waals surface area contributed by atoms with E-state index in [1.54, 1.807) is 18.3 Å². The maximum absolute atomic E-state index is 13.9. The number of fused-ring (bicyclic) bond motifs is 1. The van der Waals surface area contributed by atoms with Crippen LogP contribution in [0.15, 0.2) is 66.3 Å². The summed E-state index contributed by atoms with van der Waals surface area (Å²) in [6, 6.07) is 8.85. The minimum Gasteiger partial charge on any atom is -0.495 e. The summed E-state index contributed by atoms with van der Waals surface area (Å²) in [7, 11) is 1.60. The van der Waals surface area contributed by atoms with Gasteiger partial charge < -0.3 is 18.9 Å². The van der Waals surface area contributed by atoms with Gasteiger partial charge in [0.15, 0.2) is 11.6 Å². The highest BCUT2D eigenvalue weighted by Gasteiger charge is 2.36. The first kappa shape index (κ1) is 22.0. The quantitative estimate of drug-likeness (QED) is 0.525. The van der Waals surface area contributed by atoms with Crippen LogP contribution in [0.1, 0.15) is 29.3 Å². The van der Waals surface area contributed by atoms with Gasteiger partial charge in [0.1, 0.15) is 5.75 Å². The number of imidazole rings is 1. The fraction of sp³-hybridized carbons (Fsp3) is 0.231. The fourth-order valence-corrected chi connectivity index (χ4v) is 4.36. The zero-order valence-corrected chi connectivity index (χ0v) is 18.8. The van der Waals surface area contributed by atoms with Crippen LogP contribution in [0.2, 0.25) is 0 Å². The monoisotopic (exact) mass is 463 g/mol. The number of aryl methyl sites for hydroxylation is 1. The Kier molecular flexibility index (Phi) is 5.75. The van der Waals surface area contributed by atoms with Crippen molar-refractivity contribution in [1.29, 1.82) is 0 Å². The van der Waals surface area contributed by atoms with E-state index in [2.05, 4.69) is 4.98 Å². The number of nitrogens with zero attached hydrogens (tertiary/aromatic N) is 3. The van der Waals surface area contributed by atoms with Gasteiger partial charge in [-0.3, -0.25) is 4.79 Å². The molecule has 0 unspecified atom stereocenters. The van der Waals surface area contributed by atoms with Crippen molar-refractivity contribution in [2.24, 2.45) is 0 Å². The molecule has 1 atom stereocenters. The Bertz CT molecular complexity index is 1330. The summed E-state index contributed by atoms with van der Waals surface area (Å²) >= 11 is 0. The molecule has 2 aliphatic heterocycles. The van der Waals surface area contributed by atoms with E-state index in [0.29, 0.717) is 29.9 Å². The molecule has 0 bridgehead atoms. The van der Waals surface area contributed by atoms with Crippen LogP contribution in [0, 0.1) is 18.6 Å². The highest BCUT2D eigenvalue weighted by Crippen LogP contribution is 2.36. The minimum absolute atomic E-state index is 0.177. The van der Waals surface area contributed by atoms with Crippen molar-refractivity contribution in [1.82, 2.24) is 14.5 Å². The molecule has 2 aromatic carbocycles. The van der Waals surface area contributed by atoms with Gasteiger partial charge in [-0.2, -0.15) is 0 Å². The summed E-state index contributed by atoms with van der Waals surface area (Å²) in [5.74, 6) is -1.40. The molecule has 0 N–H and O–H groups in total. The summed E-state index contributed by atoms with van der Waals surface area (Å²) in [5, 5.41) is 0. The molecule has 1 fully saturated rings. The Morgan fingerprint density at radius 3 is 2.76 bits per heavy atom. The van der Waals surface area contributed by atoms with Crippen molar-refractivity contribution in [2.75, 3.05) is 20.3 Å². The van der Waals surface area contributed by atoms with Crippen LogP contribution in [0.25, 0.3) is 11.8 Å². The number of allylic oxidation sites excluding steroid dienone is 1. The number of morpholine rings is 1. The molecule has 0 spiro atoms. The van der Waals surface area contributed by atoms with E-state index in [-0.39, 0.29) is 12.5 Å². The number of hydrogen-bond acceptors (Lipinski definition) is 4. The number of carbonyl (C=O) groups excluding carboxylic acids is 1. The van der Waals surface area contributed by atoms with E-state index in [1.807, 2.05) is 48.0 Å². The zero-order valence-electron chi connectivity index (χ0n) is 18.8. The van der Waals surface area contributed by atoms with E-state index in [1.165, 1.54) is 6.07 Å². The molecule has 1 saturated heterocycles. The summed E-state index contributed by atoms with van der Waals surface area (Å²) < 4.78 is 40.4. The lowest BCUT2D eigenvalue weighted by molar-refractivity contribution is -0.132. The lowest BCUT2D eigenvalue weighted by atomic mass is 9.96. The fourth-order valence-electron chi connectivity index (χ4n) is 4.36. The molecule has 0 aliphatic carbocycles. The van der Waals surface area contributed by atoms with Crippen molar-refractivity contribution in [3.05, 3.63) is 94.7 Å². The molecule has 3 heterocycles. The number of methoxy groups -OCH3 is 1. The van der Waals surface area contributed by atoms with Crippen LogP contribution in [0.5, 0.6) is 5.75 Å². The van der Waals surface area contributed by atoms with Crippen LogP contribution < -0.4 is 4.74 Å². The molecule has 1 amide bonds. The average Bonchev–Trinajstić information content (AvgIpc) is 3.28. The molecule has 6 nitrogen and oxygen atoms in total. The molecule has 0 radical (unpaired) electrons. The topological polar surface area (TPSA) is 56.6 Å². The van der Waals surface area contributed by atoms with E-state index in [4.69, 9.17) is 9.47 Å². The molecular weight excluding hydrogens is 440 g/mol. The predicted octanol–water partition coefficient (Wildman–Crippen LogP) is 4.74. The van der Waals surface area contributed by atoms with Gasteiger partial charge in [0.2, 0.25) is 0 Å². The van der Waals surface area contributed by atoms with Crippen LogP contribution >= 0.6 is 0 Å². The molecule has 1 aromatic heterocycles. The van der Waals surface area contributed by atoms with Crippen LogP contribution in [0.3, 0.4) is 0 Å². The van der Waals surface area contributed by atoms with Gasteiger partial charge in [0, 0.05) is 17.5 Å². The van der Waals surface area contributed by atoms with Gasteiger partial charge in [0.25, 0.3) is 5.91 Å². The molecule has 0 saturated carbocycles. The van der Waals surface area contributed by atoms with Crippen molar-refractivity contribution in [3.63, 3.8) is 0 Å². The summed E-state index contributed by atoms with van der Waals surface area (Å²) in [4.78, 5) is 19.4. The third-order valence-corrected chi connectivity index (χ3v) is 6.06. The largest absolute Gasteiger partial charge is 0.495 e. The maximum atomic E-state index is 13.9. The number of aromatic nitrogens is 2. The Morgan fingerprint density at radius 1 is 1.18 bits per heavy atom. The third-order valence-electron chi connectivity index (χ3n) is 6.06. The van der Waals surface area contributed by atoms with Gasteiger partial charge in [-0.1, -0.05) is 18.2 Å². The molecule has 2 aliphatic rings. The van der Waals surface area contributed by atoms with E-state index in [9.17, 15) is 13.6 Å². The van der Waals surface area contributed by atoms with Gasteiger partial charge in [0.05, 0.1) is 44.1 Å². The normalized spacial score (nSPS) is 19.2. The highest BCUT2D eigenvalue weighted by atomic mass is 19.2. The molecular formula is C26H23F2N3O3. The predicted molar refractivity (Wildman–Crippen MR) is 122 cm³/mol. The second-order valence-electron chi connectivity index (χ2n) is 8.30. The Balaban J connectivity index is 1.47. The number of carbonyl (C=O) groups is 1. The lowest BCUT2D eigenvalue weighted by Gasteiger charge is -2.40. The van der Waals surface area contributed by atoms with Gasteiger partial charge >= 0.3 is 0 Å². The summed E-state index contributed by atoms with van der Waals surface area (Å²) in [5.41, 5.74) is 4.35. The van der Waals surface area contributed by atoms with E-state index < -0.39 is 17.7 Å². The molecule has 5 rings (SSSR count). The Hall–Kier alpha value is -3.78. The number of rotatable bonds is 4. The summed E-state index contributed by atoms with van der Waals surface area (Å²) in [6.45, 7) is 2.41. The Morgan fingerprint density at radius 2 is 2.03 bits per heavy atom. The van der Waals surface area contributed by atoms with Crippen molar-refractivity contribution in [3.8, 4) is 11.4 Å². The molecule has 3 aromatic rings. The minimum atomic E-state index is -0.950. The third kappa shape index (κ3) is 4.01. The van der Waals surface area contributed by atoms with Gasteiger partial charge in [-0.05, 0) is 54.8 Å². The molecule has 174 valence electrons. The van der Waals surface area contributed by atoms with Crippen LogP contribution in [-0.2, 0) is 9.53 Å². The van der Waals surface area contributed by atoms with E-state index in [0.717, 1.165) is 34.8 Å². The molecule has 34 heavy (non-hydrogen) atoms. The zero-order chi connectivity index (χ0) is 23.8. The van der Waals surface area contributed by atoms with Gasteiger partial charge in [-0.15, -0.1) is 0 Å². The van der Waals surface area contributed by atoms with Crippen LogP contribution in [-0.4, -0.2) is 40.7 Å². The SMILES string of the molecule is COc1cc(C=C2CC=C3COC[C@@H](c4ccc(F)c(F)c4)N3C2=O)ccc1-n1cnc(C)c1.